The average molecular weight is 475 g/mol. The maximum absolute atomic E-state index is 11.3. The van der Waals surface area contributed by atoms with Gasteiger partial charge in [-0.2, -0.15) is 0 Å². The number of aliphatic hydroxyl groups excluding tert-OH is 4. The summed E-state index contributed by atoms with van der Waals surface area (Å²) in [5.41, 5.74) is 0.920. The van der Waals surface area contributed by atoms with Crippen molar-refractivity contribution in [2.75, 3.05) is 6.61 Å². The van der Waals surface area contributed by atoms with E-state index < -0.39 is 23.7 Å². The van der Waals surface area contributed by atoms with E-state index in [4.69, 9.17) is 0 Å². The van der Waals surface area contributed by atoms with Crippen LogP contribution in [0, 0.1) is 50.2 Å². The molecule has 194 valence electrons. The maximum Gasteiger partial charge on any atom is 0.0863 e. The van der Waals surface area contributed by atoms with Gasteiger partial charge in [0.15, 0.2) is 0 Å². The zero-order valence-corrected chi connectivity index (χ0v) is 22.7. The summed E-state index contributed by atoms with van der Waals surface area (Å²) >= 11 is 0. The molecule has 0 spiro atoms. The van der Waals surface area contributed by atoms with Crippen molar-refractivity contribution in [3.05, 3.63) is 11.6 Å². The molecule has 11 atom stereocenters. The molecular weight excluding hydrogens is 424 g/mol. The quantitative estimate of drug-likeness (QED) is 0.399. The second-order valence-corrected chi connectivity index (χ2v) is 15.2. The van der Waals surface area contributed by atoms with Gasteiger partial charge in [0, 0.05) is 10.8 Å². The van der Waals surface area contributed by atoms with E-state index in [2.05, 4.69) is 54.5 Å². The number of hydrogen-bond donors (Lipinski definition) is 4. The van der Waals surface area contributed by atoms with Crippen molar-refractivity contribution in [1.29, 1.82) is 0 Å². The lowest BCUT2D eigenvalue weighted by Gasteiger charge is -2.72. The third-order valence-electron chi connectivity index (χ3n) is 13.5. The van der Waals surface area contributed by atoms with Gasteiger partial charge in [0.2, 0.25) is 0 Å². The zero-order chi connectivity index (χ0) is 25.1. The van der Waals surface area contributed by atoms with Gasteiger partial charge in [-0.3, -0.25) is 0 Å². The van der Waals surface area contributed by atoms with Gasteiger partial charge in [0.1, 0.15) is 0 Å². The molecule has 5 aliphatic rings. The summed E-state index contributed by atoms with van der Waals surface area (Å²) in [4.78, 5) is 0. The zero-order valence-electron chi connectivity index (χ0n) is 22.7. The number of aliphatic hydroxyl groups is 4. The Morgan fingerprint density at radius 1 is 0.794 bits per heavy atom. The molecule has 0 amide bonds. The van der Waals surface area contributed by atoms with Crippen LogP contribution in [0.5, 0.6) is 0 Å². The summed E-state index contributed by atoms with van der Waals surface area (Å²) in [5, 5.41) is 43.6. The summed E-state index contributed by atoms with van der Waals surface area (Å²) in [6.07, 6.45) is 8.79. The molecule has 0 heterocycles. The number of rotatable bonds is 1. The molecule has 34 heavy (non-hydrogen) atoms. The molecule has 4 nitrogen and oxygen atoms in total. The van der Waals surface area contributed by atoms with Crippen molar-refractivity contribution in [3.63, 3.8) is 0 Å². The topological polar surface area (TPSA) is 80.9 Å². The molecule has 4 fully saturated rings. The van der Waals surface area contributed by atoms with Gasteiger partial charge in [0.25, 0.3) is 0 Å². The SMILES string of the molecule is CC1(C)C[C@@H]2C3=CC[C@@H]4[C@@]5(C)CCC(O)C(C)(CO)C5CC[C@@]4(C)[C@]3(C)CC[C@@]2(C)C(O)C1O. The molecular formula is C30H50O4. The lowest BCUT2D eigenvalue weighted by Crippen LogP contribution is -2.67. The molecule has 4 N–H and O–H groups in total. The van der Waals surface area contributed by atoms with E-state index in [-0.39, 0.29) is 33.7 Å². The van der Waals surface area contributed by atoms with E-state index in [1.165, 1.54) is 0 Å². The highest BCUT2D eigenvalue weighted by Gasteiger charge is 2.69. The summed E-state index contributed by atoms with van der Waals surface area (Å²) in [7, 11) is 0. The predicted octanol–water partition coefficient (Wildman–Crippen LogP) is 5.08. The third kappa shape index (κ3) is 2.81. The summed E-state index contributed by atoms with van der Waals surface area (Å²) in [5.74, 6) is 1.17. The van der Waals surface area contributed by atoms with Crippen molar-refractivity contribution in [2.45, 2.75) is 118 Å². The first kappa shape index (κ1) is 25.2. The van der Waals surface area contributed by atoms with E-state index in [1.54, 1.807) is 5.57 Å². The first-order valence-electron chi connectivity index (χ1n) is 14.0. The summed E-state index contributed by atoms with van der Waals surface area (Å²) in [6.45, 7) is 16.2. The Bertz CT molecular complexity index is 881. The Morgan fingerprint density at radius 3 is 2.12 bits per heavy atom. The predicted molar refractivity (Wildman–Crippen MR) is 135 cm³/mol. The summed E-state index contributed by atoms with van der Waals surface area (Å²) in [6, 6.07) is 0. The van der Waals surface area contributed by atoms with Crippen molar-refractivity contribution < 1.29 is 20.4 Å². The smallest absolute Gasteiger partial charge is 0.0863 e. The Morgan fingerprint density at radius 2 is 1.47 bits per heavy atom. The molecule has 0 saturated heterocycles. The fourth-order valence-corrected chi connectivity index (χ4v) is 10.7. The van der Waals surface area contributed by atoms with Crippen LogP contribution in [0.15, 0.2) is 11.6 Å². The summed E-state index contributed by atoms with van der Waals surface area (Å²) < 4.78 is 0. The van der Waals surface area contributed by atoms with Gasteiger partial charge < -0.3 is 20.4 Å². The van der Waals surface area contributed by atoms with Gasteiger partial charge in [-0.1, -0.05) is 60.1 Å². The Balaban J connectivity index is 1.58. The lowest BCUT2D eigenvalue weighted by atomic mass is 9.33. The highest BCUT2D eigenvalue weighted by molar-refractivity contribution is 5.34. The van der Waals surface area contributed by atoms with Crippen LogP contribution in [0.1, 0.15) is 99.8 Å². The van der Waals surface area contributed by atoms with E-state index in [9.17, 15) is 20.4 Å². The Hall–Kier alpha value is -0.420. The molecule has 4 heteroatoms. The molecule has 0 aromatic rings. The van der Waals surface area contributed by atoms with Crippen LogP contribution in [-0.2, 0) is 0 Å². The highest BCUT2D eigenvalue weighted by atomic mass is 16.3. The minimum atomic E-state index is -0.685. The second kappa shape index (κ2) is 7.33. The molecule has 0 aliphatic heterocycles. The Labute approximate surface area is 207 Å². The fourth-order valence-electron chi connectivity index (χ4n) is 10.7. The van der Waals surface area contributed by atoms with Gasteiger partial charge in [-0.15, -0.1) is 0 Å². The van der Waals surface area contributed by atoms with Gasteiger partial charge >= 0.3 is 0 Å². The van der Waals surface area contributed by atoms with E-state index >= 15 is 0 Å². The van der Waals surface area contributed by atoms with E-state index in [0.717, 1.165) is 51.4 Å². The van der Waals surface area contributed by atoms with Crippen molar-refractivity contribution in [2.24, 2.45) is 50.2 Å². The van der Waals surface area contributed by atoms with Crippen LogP contribution in [0.4, 0.5) is 0 Å². The molecule has 0 aromatic carbocycles. The monoisotopic (exact) mass is 474 g/mol. The molecule has 5 unspecified atom stereocenters. The number of hydrogen-bond acceptors (Lipinski definition) is 4. The van der Waals surface area contributed by atoms with Crippen LogP contribution in [0.25, 0.3) is 0 Å². The first-order valence-corrected chi connectivity index (χ1v) is 14.0. The molecule has 0 radical (unpaired) electrons. The molecule has 4 saturated carbocycles. The van der Waals surface area contributed by atoms with E-state index in [0.29, 0.717) is 17.8 Å². The van der Waals surface area contributed by atoms with Crippen LogP contribution < -0.4 is 0 Å². The number of allylic oxidation sites excluding steroid dienone is 2. The number of fused-ring (bicyclic) bond motifs is 7. The van der Waals surface area contributed by atoms with E-state index in [1.807, 2.05) is 0 Å². The largest absolute Gasteiger partial charge is 0.396 e. The maximum atomic E-state index is 11.3. The fraction of sp³-hybridized carbons (Fsp3) is 0.933. The van der Waals surface area contributed by atoms with Crippen LogP contribution >= 0.6 is 0 Å². The van der Waals surface area contributed by atoms with Gasteiger partial charge in [-0.05, 0) is 90.8 Å². The van der Waals surface area contributed by atoms with Crippen LogP contribution in [0.3, 0.4) is 0 Å². The van der Waals surface area contributed by atoms with Crippen LogP contribution in [0.2, 0.25) is 0 Å². The Kier molecular flexibility index (Phi) is 5.44. The third-order valence-corrected chi connectivity index (χ3v) is 13.5. The normalized spacial score (nSPS) is 58.6. The molecule has 0 bridgehead atoms. The average Bonchev–Trinajstić information content (AvgIpc) is 2.77. The van der Waals surface area contributed by atoms with Gasteiger partial charge in [0.05, 0.1) is 24.9 Å². The molecule has 5 aliphatic carbocycles. The minimum Gasteiger partial charge on any atom is -0.396 e. The van der Waals surface area contributed by atoms with Gasteiger partial charge in [-0.25, -0.2) is 0 Å². The van der Waals surface area contributed by atoms with Crippen molar-refractivity contribution in [1.82, 2.24) is 0 Å². The minimum absolute atomic E-state index is 0.0614. The highest BCUT2D eigenvalue weighted by Crippen LogP contribution is 2.75. The van der Waals surface area contributed by atoms with Crippen LogP contribution in [-0.4, -0.2) is 45.3 Å². The van der Waals surface area contributed by atoms with Crippen molar-refractivity contribution >= 4 is 0 Å². The first-order chi connectivity index (χ1) is 15.6. The standard InChI is InChI=1S/C30H50O4/c1-25(2)16-19-18-8-9-21-27(4)12-11-22(32)28(5,17-31)20(27)10-13-30(21,7)29(18,6)15-14-26(19,3)24(34)23(25)33/h8,19-24,31-34H,9-17H2,1-7H3/t19-,20?,21-,22?,23?,24?,26-,27+,28?,29-,30-/m1/s1. The molecule has 5 rings (SSSR count). The van der Waals surface area contributed by atoms with Crippen molar-refractivity contribution in [3.8, 4) is 0 Å². The molecule has 0 aromatic heterocycles. The lowest BCUT2D eigenvalue weighted by molar-refractivity contribution is -0.225. The second-order valence-electron chi connectivity index (χ2n) is 15.2.